The van der Waals surface area contributed by atoms with E-state index in [9.17, 15) is 4.79 Å². The molecule has 1 N–H and O–H groups in total. The lowest BCUT2D eigenvalue weighted by molar-refractivity contribution is -0.117. The van der Waals surface area contributed by atoms with Gasteiger partial charge in [-0.25, -0.2) is 4.98 Å². The number of likely N-dealkylation sites (N-methyl/N-ethyl adjacent to an activating group) is 1. The van der Waals surface area contributed by atoms with Crippen LogP contribution in [0.4, 0.5) is 17.2 Å². The molecule has 2 aromatic heterocycles. The molecule has 0 atom stereocenters. The van der Waals surface area contributed by atoms with Crippen molar-refractivity contribution in [3.63, 3.8) is 0 Å². The van der Waals surface area contributed by atoms with Crippen molar-refractivity contribution in [2.45, 2.75) is 39.7 Å². The Morgan fingerprint density at radius 1 is 1.23 bits per heavy atom. The predicted octanol–water partition coefficient (Wildman–Crippen LogP) is 4.41. The maximum absolute atomic E-state index is 12.1. The first-order chi connectivity index (χ1) is 12.6. The number of carbonyl (C=O) groups is 1. The Kier molecular flexibility index (Phi) is 4.15. The molecule has 3 aromatic rings. The third kappa shape index (κ3) is 2.64. The molecule has 3 heterocycles. The van der Waals surface area contributed by atoms with E-state index < -0.39 is 0 Å². The number of rotatable bonds is 5. The molecule has 5 nitrogen and oxygen atoms in total. The van der Waals surface area contributed by atoms with E-state index in [1.807, 2.05) is 19.3 Å². The number of aromatic nitrogens is 2. The van der Waals surface area contributed by atoms with E-state index in [-0.39, 0.29) is 5.91 Å². The molecule has 1 aliphatic heterocycles. The van der Waals surface area contributed by atoms with E-state index >= 15 is 0 Å². The second-order valence-corrected chi connectivity index (χ2v) is 6.96. The summed E-state index contributed by atoms with van der Waals surface area (Å²) in [6.07, 6.45) is 6.75. The number of pyridine rings is 1. The second-order valence-electron chi connectivity index (χ2n) is 6.96. The molecule has 0 saturated carbocycles. The number of nitrogens with zero attached hydrogens (tertiary/aromatic N) is 3. The summed E-state index contributed by atoms with van der Waals surface area (Å²) in [5.41, 5.74) is 5.35. The van der Waals surface area contributed by atoms with Crippen molar-refractivity contribution in [1.82, 2.24) is 9.55 Å². The quantitative estimate of drug-likeness (QED) is 0.743. The maximum atomic E-state index is 12.1. The fourth-order valence-electron chi connectivity index (χ4n) is 3.69. The van der Waals surface area contributed by atoms with Crippen molar-refractivity contribution in [1.29, 1.82) is 0 Å². The van der Waals surface area contributed by atoms with Gasteiger partial charge in [0.25, 0.3) is 0 Å². The molecule has 0 fully saturated rings. The van der Waals surface area contributed by atoms with E-state index in [2.05, 4.69) is 53.1 Å². The molecule has 134 valence electrons. The highest BCUT2D eigenvalue weighted by molar-refractivity contribution is 6.04. The van der Waals surface area contributed by atoms with Gasteiger partial charge in [0, 0.05) is 48.3 Å². The summed E-state index contributed by atoms with van der Waals surface area (Å²) in [5, 5.41) is 4.63. The molecule has 0 bridgehead atoms. The van der Waals surface area contributed by atoms with Gasteiger partial charge < -0.3 is 14.8 Å². The number of fused-ring (bicyclic) bond motifs is 2. The van der Waals surface area contributed by atoms with E-state index in [0.717, 1.165) is 46.7 Å². The van der Waals surface area contributed by atoms with Gasteiger partial charge >= 0.3 is 0 Å². The highest BCUT2D eigenvalue weighted by Crippen LogP contribution is 2.38. The summed E-state index contributed by atoms with van der Waals surface area (Å²) in [6, 6.07) is 8.27. The van der Waals surface area contributed by atoms with Crippen LogP contribution in [0.3, 0.4) is 0 Å². The van der Waals surface area contributed by atoms with Crippen LogP contribution >= 0.6 is 0 Å². The van der Waals surface area contributed by atoms with E-state index in [4.69, 9.17) is 0 Å². The van der Waals surface area contributed by atoms with Crippen LogP contribution in [0.25, 0.3) is 10.9 Å². The summed E-state index contributed by atoms with van der Waals surface area (Å²) in [7, 11) is 1.83. The van der Waals surface area contributed by atoms with Crippen LogP contribution in [0.5, 0.6) is 0 Å². The fourth-order valence-corrected chi connectivity index (χ4v) is 3.69. The Hall–Kier alpha value is -2.82. The van der Waals surface area contributed by atoms with Gasteiger partial charge in [-0.15, -0.1) is 0 Å². The molecule has 0 radical (unpaired) electrons. The van der Waals surface area contributed by atoms with Gasteiger partial charge in [0.15, 0.2) is 0 Å². The summed E-state index contributed by atoms with van der Waals surface area (Å²) < 4.78 is 2.28. The number of nitrogens with one attached hydrogen (secondary N) is 1. The van der Waals surface area contributed by atoms with Crippen LogP contribution in [0.15, 0.2) is 36.7 Å². The van der Waals surface area contributed by atoms with Gasteiger partial charge in [-0.2, -0.15) is 0 Å². The molecule has 0 unspecified atom stereocenters. The molecule has 1 aromatic carbocycles. The van der Waals surface area contributed by atoms with Gasteiger partial charge in [0.2, 0.25) is 5.91 Å². The Labute approximate surface area is 153 Å². The van der Waals surface area contributed by atoms with E-state index in [1.54, 1.807) is 4.90 Å². The van der Waals surface area contributed by atoms with E-state index in [0.29, 0.717) is 6.42 Å². The molecule has 4 rings (SSSR count). The van der Waals surface area contributed by atoms with Crippen molar-refractivity contribution >= 4 is 34.0 Å². The zero-order valence-corrected chi connectivity index (χ0v) is 15.5. The molecule has 0 spiro atoms. The average molecular weight is 348 g/mol. The maximum Gasteiger partial charge on any atom is 0.231 e. The van der Waals surface area contributed by atoms with Crippen molar-refractivity contribution < 1.29 is 4.79 Å². The number of aryl methyl sites for hydroxylation is 2. The summed E-state index contributed by atoms with van der Waals surface area (Å²) in [6.45, 7) is 5.29. The van der Waals surface area contributed by atoms with Crippen LogP contribution in [0.2, 0.25) is 0 Å². The van der Waals surface area contributed by atoms with Crippen LogP contribution in [-0.2, 0) is 17.8 Å². The highest BCUT2D eigenvalue weighted by Gasteiger charge is 2.27. The zero-order chi connectivity index (χ0) is 18.3. The van der Waals surface area contributed by atoms with Gasteiger partial charge in [0.1, 0.15) is 5.82 Å². The summed E-state index contributed by atoms with van der Waals surface area (Å²) in [5.74, 6) is 0.974. The first-order valence-corrected chi connectivity index (χ1v) is 9.20. The highest BCUT2D eigenvalue weighted by atomic mass is 16.2. The Morgan fingerprint density at radius 2 is 2.08 bits per heavy atom. The molecule has 1 aliphatic rings. The number of benzene rings is 1. The first kappa shape index (κ1) is 16.6. The molecule has 1 amide bonds. The minimum absolute atomic E-state index is 0.130. The number of hydrogen-bond acceptors (Lipinski definition) is 3. The first-order valence-electron chi connectivity index (χ1n) is 9.20. The zero-order valence-electron chi connectivity index (χ0n) is 15.5. The van der Waals surface area contributed by atoms with Gasteiger partial charge in [-0.1, -0.05) is 19.4 Å². The van der Waals surface area contributed by atoms with Crippen LogP contribution in [0.1, 0.15) is 30.9 Å². The topological polar surface area (TPSA) is 50.2 Å². The molecule has 0 saturated heterocycles. The molecule has 0 aliphatic carbocycles. The molecular formula is C21H24N4O. The third-order valence-corrected chi connectivity index (χ3v) is 5.25. The number of unbranched alkanes of at least 4 members (excludes halogenated alkanes) is 1. The number of hydrogen-bond donors (Lipinski definition) is 1. The fraction of sp³-hybridized carbons (Fsp3) is 0.333. The minimum atomic E-state index is 0.130. The van der Waals surface area contributed by atoms with Crippen LogP contribution < -0.4 is 10.2 Å². The molecular weight excluding hydrogens is 324 g/mol. The Balaban J connectivity index is 1.75. The van der Waals surface area contributed by atoms with Crippen molar-refractivity contribution in [3.05, 3.63) is 47.8 Å². The normalized spacial score (nSPS) is 13.5. The standard InChI is InChI=1S/C21H24N4O/c1-4-5-11-25-12-9-15-18(25)8-10-22-21(15)23-20-14(2)6-7-17-16(20)13-19(26)24(17)3/h6-10,12H,4-5,11,13H2,1-3H3,(H,22,23). The average Bonchev–Trinajstić information content (AvgIpc) is 3.18. The second kappa shape index (κ2) is 6.48. The largest absolute Gasteiger partial charge is 0.347 e. The Morgan fingerprint density at radius 3 is 2.88 bits per heavy atom. The van der Waals surface area contributed by atoms with Gasteiger partial charge in [-0.05, 0) is 37.1 Å². The van der Waals surface area contributed by atoms with E-state index in [1.165, 1.54) is 11.9 Å². The molecule has 26 heavy (non-hydrogen) atoms. The monoisotopic (exact) mass is 348 g/mol. The number of anilines is 3. The smallest absolute Gasteiger partial charge is 0.231 e. The minimum Gasteiger partial charge on any atom is -0.347 e. The van der Waals surface area contributed by atoms with Gasteiger partial charge in [-0.3, -0.25) is 4.79 Å². The summed E-state index contributed by atoms with van der Waals surface area (Å²) in [4.78, 5) is 18.5. The lowest BCUT2D eigenvalue weighted by Crippen LogP contribution is -2.20. The van der Waals surface area contributed by atoms with Crippen molar-refractivity contribution in [2.24, 2.45) is 0 Å². The third-order valence-electron chi connectivity index (χ3n) is 5.25. The lowest BCUT2D eigenvalue weighted by Gasteiger charge is -2.16. The van der Waals surface area contributed by atoms with Crippen molar-refractivity contribution in [2.75, 3.05) is 17.3 Å². The SMILES string of the molecule is CCCCn1ccc2c(Nc3c(C)ccc4c3CC(=O)N4C)nccc21. The Bertz CT molecular complexity index is 989. The summed E-state index contributed by atoms with van der Waals surface area (Å²) >= 11 is 0. The van der Waals surface area contributed by atoms with Gasteiger partial charge in [0.05, 0.1) is 11.9 Å². The van der Waals surface area contributed by atoms with Crippen LogP contribution in [0, 0.1) is 6.92 Å². The predicted molar refractivity (Wildman–Crippen MR) is 106 cm³/mol. The lowest BCUT2D eigenvalue weighted by atomic mass is 10.0. The number of amides is 1. The number of carbonyl (C=O) groups excluding carboxylic acids is 1. The molecule has 5 heteroatoms. The van der Waals surface area contributed by atoms with Crippen LogP contribution in [-0.4, -0.2) is 22.5 Å². The van der Waals surface area contributed by atoms with Crippen molar-refractivity contribution in [3.8, 4) is 0 Å².